The van der Waals surface area contributed by atoms with Gasteiger partial charge in [-0.25, -0.2) is 0 Å². The van der Waals surface area contributed by atoms with E-state index in [1.54, 1.807) is 0 Å². The molecule has 1 unspecified atom stereocenters. The van der Waals surface area contributed by atoms with Crippen molar-refractivity contribution in [2.75, 3.05) is 39.6 Å². The number of hydrogen-bond acceptors (Lipinski definition) is 4. The zero-order valence-corrected chi connectivity index (χ0v) is 13.3. The van der Waals surface area contributed by atoms with E-state index in [1.165, 1.54) is 0 Å². The normalized spacial score (nSPS) is 14.0. The molecule has 0 aromatic heterocycles. The van der Waals surface area contributed by atoms with Gasteiger partial charge in [0.25, 0.3) is 0 Å². The third-order valence-electron chi connectivity index (χ3n) is 3.51. The van der Waals surface area contributed by atoms with E-state index >= 15 is 0 Å². The summed E-state index contributed by atoms with van der Waals surface area (Å²) in [7, 11) is 0. The van der Waals surface area contributed by atoms with Crippen LogP contribution in [0.3, 0.4) is 0 Å². The Morgan fingerprint density at radius 2 is 1.67 bits per heavy atom. The molecule has 120 valence electrons. The average molecular weight is 295 g/mol. The van der Waals surface area contributed by atoms with Crippen LogP contribution >= 0.6 is 0 Å². The molecule has 2 N–H and O–H groups in total. The maximum absolute atomic E-state index is 9.89. The fourth-order valence-electron chi connectivity index (χ4n) is 2.37. The first kappa shape index (κ1) is 18.1. The minimum absolute atomic E-state index is 0.0561. The SMILES string of the molecule is CCCOCCOCCC(CO)(NCC)c1ccccc1. The zero-order chi connectivity index (χ0) is 15.4. The molecular formula is C17H29NO3. The lowest BCUT2D eigenvalue weighted by molar-refractivity contribution is 0.0317. The molecule has 0 amide bonds. The van der Waals surface area contributed by atoms with Crippen molar-refractivity contribution in [2.24, 2.45) is 0 Å². The van der Waals surface area contributed by atoms with Crippen molar-refractivity contribution in [1.82, 2.24) is 5.32 Å². The molecule has 0 heterocycles. The Kier molecular flexibility index (Phi) is 9.26. The molecule has 0 aliphatic heterocycles. The molecule has 0 saturated heterocycles. The fraction of sp³-hybridized carbons (Fsp3) is 0.647. The number of rotatable bonds is 12. The van der Waals surface area contributed by atoms with Gasteiger partial charge in [-0.3, -0.25) is 0 Å². The summed E-state index contributed by atoms with van der Waals surface area (Å²) in [5, 5.41) is 13.3. The Bertz CT molecular complexity index is 358. The Hall–Kier alpha value is -0.940. The second-order valence-corrected chi connectivity index (χ2v) is 5.11. The molecule has 4 nitrogen and oxygen atoms in total. The number of aliphatic hydroxyl groups excluding tert-OH is 1. The molecule has 0 spiro atoms. The van der Waals surface area contributed by atoms with Gasteiger partial charge in [-0.15, -0.1) is 0 Å². The molecule has 1 aromatic rings. The van der Waals surface area contributed by atoms with Gasteiger partial charge in [-0.1, -0.05) is 44.2 Å². The van der Waals surface area contributed by atoms with Gasteiger partial charge < -0.3 is 19.9 Å². The highest BCUT2D eigenvalue weighted by Crippen LogP contribution is 2.24. The Balaban J connectivity index is 2.47. The van der Waals surface area contributed by atoms with Crippen LogP contribution in [0.2, 0.25) is 0 Å². The Morgan fingerprint density at radius 3 is 2.24 bits per heavy atom. The summed E-state index contributed by atoms with van der Waals surface area (Å²) in [5.41, 5.74) is 0.667. The lowest BCUT2D eigenvalue weighted by Crippen LogP contribution is -2.46. The van der Waals surface area contributed by atoms with Crippen molar-refractivity contribution in [3.63, 3.8) is 0 Å². The van der Waals surface area contributed by atoms with Crippen molar-refractivity contribution in [3.05, 3.63) is 35.9 Å². The van der Waals surface area contributed by atoms with E-state index < -0.39 is 5.54 Å². The summed E-state index contributed by atoms with van der Waals surface area (Å²) < 4.78 is 11.0. The van der Waals surface area contributed by atoms with Crippen LogP contribution in [0.4, 0.5) is 0 Å². The minimum atomic E-state index is -0.430. The van der Waals surface area contributed by atoms with Crippen molar-refractivity contribution >= 4 is 0 Å². The molecule has 21 heavy (non-hydrogen) atoms. The van der Waals surface area contributed by atoms with Crippen molar-refractivity contribution in [3.8, 4) is 0 Å². The van der Waals surface area contributed by atoms with Crippen LogP contribution in [-0.4, -0.2) is 44.7 Å². The lowest BCUT2D eigenvalue weighted by atomic mass is 9.87. The topological polar surface area (TPSA) is 50.7 Å². The number of benzene rings is 1. The van der Waals surface area contributed by atoms with Crippen LogP contribution in [0, 0.1) is 0 Å². The summed E-state index contributed by atoms with van der Waals surface area (Å²) in [6.07, 6.45) is 1.76. The highest BCUT2D eigenvalue weighted by molar-refractivity contribution is 5.24. The van der Waals surface area contributed by atoms with E-state index in [0.29, 0.717) is 19.8 Å². The smallest absolute Gasteiger partial charge is 0.0700 e. The lowest BCUT2D eigenvalue weighted by Gasteiger charge is -2.33. The summed E-state index contributed by atoms with van der Waals surface area (Å²) in [5.74, 6) is 0. The fourth-order valence-corrected chi connectivity index (χ4v) is 2.37. The van der Waals surface area contributed by atoms with E-state index in [9.17, 15) is 5.11 Å². The van der Waals surface area contributed by atoms with Gasteiger partial charge in [0.2, 0.25) is 0 Å². The standard InChI is InChI=1S/C17H29NO3/c1-3-11-20-13-14-21-12-10-17(15-19,18-4-2)16-8-6-5-7-9-16/h5-9,18-19H,3-4,10-15H2,1-2H3. The second kappa shape index (κ2) is 10.7. The quantitative estimate of drug-likeness (QED) is 0.581. The second-order valence-electron chi connectivity index (χ2n) is 5.11. The summed E-state index contributed by atoms with van der Waals surface area (Å²) in [6.45, 7) is 7.60. The maximum atomic E-state index is 9.89. The molecule has 0 radical (unpaired) electrons. The molecule has 0 fully saturated rings. The van der Waals surface area contributed by atoms with E-state index in [4.69, 9.17) is 9.47 Å². The molecule has 0 aliphatic carbocycles. The largest absolute Gasteiger partial charge is 0.394 e. The van der Waals surface area contributed by atoms with Crippen molar-refractivity contribution in [1.29, 1.82) is 0 Å². The van der Waals surface area contributed by atoms with Gasteiger partial charge in [0.05, 0.1) is 25.4 Å². The summed E-state index contributed by atoms with van der Waals surface area (Å²) in [6, 6.07) is 10.1. The van der Waals surface area contributed by atoms with Crippen molar-refractivity contribution in [2.45, 2.75) is 32.2 Å². The van der Waals surface area contributed by atoms with Gasteiger partial charge in [-0.05, 0) is 24.9 Å². The summed E-state index contributed by atoms with van der Waals surface area (Å²) in [4.78, 5) is 0. The molecule has 0 bridgehead atoms. The monoisotopic (exact) mass is 295 g/mol. The predicted molar refractivity (Wildman–Crippen MR) is 85.4 cm³/mol. The van der Waals surface area contributed by atoms with Crippen LogP contribution < -0.4 is 5.32 Å². The third kappa shape index (κ3) is 6.14. The third-order valence-corrected chi connectivity index (χ3v) is 3.51. The van der Waals surface area contributed by atoms with Gasteiger partial charge >= 0.3 is 0 Å². The van der Waals surface area contributed by atoms with E-state index in [1.807, 2.05) is 37.3 Å². The average Bonchev–Trinajstić information content (AvgIpc) is 2.54. The predicted octanol–water partition coefficient (Wildman–Crippen LogP) is 2.32. The molecule has 1 aromatic carbocycles. The highest BCUT2D eigenvalue weighted by Gasteiger charge is 2.30. The molecule has 4 heteroatoms. The maximum Gasteiger partial charge on any atom is 0.0700 e. The molecular weight excluding hydrogens is 266 g/mol. The highest BCUT2D eigenvalue weighted by atomic mass is 16.5. The first-order chi connectivity index (χ1) is 10.3. The number of hydrogen-bond donors (Lipinski definition) is 2. The van der Waals surface area contributed by atoms with Crippen LogP contribution in [0.15, 0.2) is 30.3 Å². The van der Waals surface area contributed by atoms with Gasteiger partial charge in [0.15, 0.2) is 0 Å². The first-order valence-electron chi connectivity index (χ1n) is 7.86. The number of nitrogens with one attached hydrogen (secondary N) is 1. The molecule has 1 atom stereocenters. The van der Waals surface area contributed by atoms with Gasteiger partial charge in [0.1, 0.15) is 0 Å². The van der Waals surface area contributed by atoms with Crippen LogP contribution in [-0.2, 0) is 15.0 Å². The van der Waals surface area contributed by atoms with Crippen molar-refractivity contribution < 1.29 is 14.6 Å². The van der Waals surface area contributed by atoms with E-state index in [-0.39, 0.29) is 6.61 Å². The van der Waals surface area contributed by atoms with E-state index in [0.717, 1.165) is 31.6 Å². The van der Waals surface area contributed by atoms with Crippen LogP contribution in [0.1, 0.15) is 32.3 Å². The Morgan fingerprint density at radius 1 is 1.00 bits per heavy atom. The van der Waals surface area contributed by atoms with Gasteiger partial charge in [0, 0.05) is 13.2 Å². The molecule has 0 saturated carbocycles. The molecule has 1 rings (SSSR count). The Labute approximate surface area is 128 Å². The number of likely N-dealkylation sites (N-methyl/N-ethyl adjacent to an activating group) is 1. The first-order valence-corrected chi connectivity index (χ1v) is 7.86. The minimum Gasteiger partial charge on any atom is -0.394 e. The van der Waals surface area contributed by atoms with Crippen LogP contribution in [0.5, 0.6) is 0 Å². The molecule has 0 aliphatic rings. The van der Waals surface area contributed by atoms with E-state index in [2.05, 4.69) is 12.2 Å². The summed E-state index contributed by atoms with van der Waals surface area (Å²) >= 11 is 0. The van der Waals surface area contributed by atoms with Crippen LogP contribution in [0.25, 0.3) is 0 Å². The zero-order valence-electron chi connectivity index (χ0n) is 13.3. The van der Waals surface area contributed by atoms with Gasteiger partial charge in [-0.2, -0.15) is 0 Å². The number of ether oxygens (including phenoxy) is 2. The number of aliphatic hydroxyl groups is 1.